The zero-order valence-corrected chi connectivity index (χ0v) is 7.67. The lowest BCUT2D eigenvalue weighted by molar-refractivity contribution is -0.131. The van der Waals surface area contributed by atoms with Gasteiger partial charge in [-0.1, -0.05) is 6.58 Å². The van der Waals surface area contributed by atoms with Crippen LogP contribution < -0.4 is 5.73 Å². The fourth-order valence-electron chi connectivity index (χ4n) is 0.142. The van der Waals surface area contributed by atoms with Gasteiger partial charge < -0.3 is 20.7 Å². The third kappa shape index (κ3) is 91.6. The van der Waals surface area contributed by atoms with Crippen molar-refractivity contribution in [3.05, 3.63) is 12.7 Å². The highest BCUT2D eigenvalue weighted by Crippen LogP contribution is 1.66. The Bertz CT molecular complexity index is 179. The number of rotatable bonds is 2. The van der Waals surface area contributed by atoms with Crippen molar-refractivity contribution in [3.63, 3.8) is 0 Å². The van der Waals surface area contributed by atoms with E-state index >= 15 is 0 Å². The summed E-state index contributed by atoms with van der Waals surface area (Å²) in [6, 6.07) is 0. The predicted molar refractivity (Wildman–Crippen MR) is 47.7 cm³/mol. The Morgan fingerprint density at radius 3 is 1.86 bits per heavy atom. The van der Waals surface area contributed by atoms with E-state index in [-0.39, 0.29) is 6.47 Å². The first-order valence-electron chi connectivity index (χ1n) is 3.31. The van der Waals surface area contributed by atoms with Gasteiger partial charge in [0, 0.05) is 6.08 Å². The van der Waals surface area contributed by atoms with Crippen LogP contribution in [0.2, 0.25) is 0 Å². The highest BCUT2D eigenvalue weighted by atomic mass is 16.5. The maximum Gasteiger partial charge on any atom is 0.404 e. The summed E-state index contributed by atoms with van der Waals surface area (Å²) in [4.78, 5) is 27.2. The molecule has 14 heavy (non-hydrogen) atoms. The summed E-state index contributed by atoms with van der Waals surface area (Å²) in [5.41, 5.74) is 4.54. The average molecular weight is 207 g/mol. The quantitative estimate of drug-likeness (QED) is 0.434. The standard InChI is InChI=1S/C3H7NO2.C3H4O2.CH2O2/c1-2-6-3(4)5;1-2-3(4)5;2-1-3/h2H2,1H3,(H2,4,5);2H,1H2,(H,4,5);1H,(H,2,3). The average Bonchev–Trinajstić information content (AvgIpc) is 2.06. The number of nitrogens with two attached hydrogens (primary N) is 1. The molecular formula is C7H13NO6. The molecule has 0 saturated heterocycles. The summed E-state index contributed by atoms with van der Waals surface area (Å²) in [7, 11) is 0. The van der Waals surface area contributed by atoms with Crippen molar-refractivity contribution in [2.75, 3.05) is 6.61 Å². The minimum atomic E-state index is -0.981. The lowest BCUT2D eigenvalue weighted by atomic mass is 10.7. The third-order valence-electron chi connectivity index (χ3n) is 0.461. The van der Waals surface area contributed by atoms with E-state index in [0.29, 0.717) is 6.61 Å². The van der Waals surface area contributed by atoms with Crippen molar-refractivity contribution in [3.8, 4) is 0 Å². The monoisotopic (exact) mass is 207 g/mol. The molecule has 0 saturated carbocycles. The van der Waals surface area contributed by atoms with Crippen LogP contribution in [0.4, 0.5) is 4.79 Å². The lowest BCUT2D eigenvalue weighted by Gasteiger charge is -1.89. The van der Waals surface area contributed by atoms with Gasteiger partial charge in [0.25, 0.3) is 6.47 Å². The van der Waals surface area contributed by atoms with Gasteiger partial charge in [0.1, 0.15) is 0 Å². The Hall–Kier alpha value is -2.05. The summed E-state index contributed by atoms with van der Waals surface area (Å²) in [5, 5.41) is 14.5. The topological polar surface area (TPSA) is 127 Å². The Balaban J connectivity index is -0.000000138. The number of carbonyl (C=O) groups excluding carboxylic acids is 1. The van der Waals surface area contributed by atoms with E-state index in [9.17, 15) is 9.59 Å². The van der Waals surface area contributed by atoms with E-state index in [1.54, 1.807) is 6.92 Å². The number of amides is 1. The van der Waals surface area contributed by atoms with E-state index in [2.05, 4.69) is 17.0 Å². The lowest BCUT2D eigenvalue weighted by Crippen LogP contribution is -2.11. The largest absolute Gasteiger partial charge is 0.483 e. The highest BCUT2D eigenvalue weighted by Gasteiger charge is 1.82. The van der Waals surface area contributed by atoms with E-state index in [0.717, 1.165) is 6.08 Å². The van der Waals surface area contributed by atoms with Gasteiger partial charge in [0.15, 0.2) is 0 Å². The molecule has 0 aliphatic carbocycles. The van der Waals surface area contributed by atoms with Crippen molar-refractivity contribution >= 4 is 18.5 Å². The molecule has 7 heteroatoms. The smallest absolute Gasteiger partial charge is 0.404 e. The Morgan fingerprint density at radius 1 is 1.57 bits per heavy atom. The number of carboxylic acid groups (broad SMARTS) is 2. The van der Waals surface area contributed by atoms with Crippen molar-refractivity contribution in [2.24, 2.45) is 5.73 Å². The summed E-state index contributed by atoms with van der Waals surface area (Å²) >= 11 is 0. The first kappa shape index (κ1) is 17.9. The van der Waals surface area contributed by atoms with E-state index in [1.165, 1.54) is 0 Å². The van der Waals surface area contributed by atoms with Crippen LogP contribution in [0.15, 0.2) is 12.7 Å². The predicted octanol–water partition coefficient (Wildman–Crippen LogP) is 0.0594. The molecule has 0 aromatic rings. The third-order valence-corrected chi connectivity index (χ3v) is 0.461. The highest BCUT2D eigenvalue weighted by molar-refractivity contribution is 5.78. The number of primary amides is 1. The first-order valence-corrected chi connectivity index (χ1v) is 3.31. The number of aliphatic carboxylic acids is 1. The van der Waals surface area contributed by atoms with E-state index in [4.69, 9.17) is 15.0 Å². The van der Waals surface area contributed by atoms with Crippen LogP contribution in [0.1, 0.15) is 6.92 Å². The Kier molecular flexibility index (Phi) is 21.9. The molecule has 0 aliphatic heterocycles. The molecule has 4 N–H and O–H groups in total. The van der Waals surface area contributed by atoms with Crippen LogP contribution in [-0.2, 0) is 14.3 Å². The number of carboxylic acids is 1. The number of carbonyl (C=O) groups is 3. The van der Waals surface area contributed by atoms with Gasteiger partial charge in [-0.3, -0.25) is 4.79 Å². The minimum Gasteiger partial charge on any atom is -0.483 e. The SMILES string of the molecule is C=CC(=O)O.CCOC(N)=O.O=CO. The molecule has 0 fully saturated rings. The molecule has 0 bridgehead atoms. The minimum absolute atomic E-state index is 0.250. The molecule has 0 radical (unpaired) electrons. The van der Waals surface area contributed by atoms with Crippen molar-refractivity contribution in [1.29, 1.82) is 0 Å². The summed E-state index contributed by atoms with van der Waals surface area (Å²) in [5.74, 6) is -0.981. The molecule has 0 rings (SSSR count). The summed E-state index contributed by atoms with van der Waals surface area (Å²) in [6.45, 7) is 4.77. The molecule has 0 unspecified atom stereocenters. The van der Waals surface area contributed by atoms with Gasteiger partial charge in [-0.25, -0.2) is 9.59 Å². The molecule has 82 valence electrons. The maximum atomic E-state index is 9.60. The Labute approximate surface area is 80.8 Å². The van der Waals surface area contributed by atoms with Gasteiger partial charge in [0.05, 0.1) is 6.61 Å². The van der Waals surface area contributed by atoms with Gasteiger partial charge in [-0.15, -0.1) is 0 Å². The number of hydrogen-bond donors (Lipinski definition) is 3. The van der Waals surface area contributed by atoms with Crippen LogP contribution >= 0.6 is 0 Å². The van der Waals surface area contributed by atoms with Crippen LogP contribution in [0.3, 0.4) is 0 Å². The number of ether oxygens (including phenoxy) is 1. The molecule has 0 aromatic carbocycles. The van der Waals surface area contributed by atoms with Crippen molar-refractivity contribution < 1.29 is 29.3 Å². The van der Waals surface area contributed by atoms with Crippen molar-refractivity contribution in [2.45, 2.75) is 6.92 Å². The maximum absolute atomic E-state index is 9.60. The van der Waals surface area contributed by atoms with Gasteiger partial charge >= 0.3 is 12.1 Å². The molecule has 7 nitrogen and oxygen atoms in total. The van der Waals surface area contributed by atoms with Crippen LogP contribution in [0.5, 0.6) is 0 Å². The molecular weight excluding hydrogens is 194 g/mol. The van der Waals surface area contributed by atoms with Crippen LogP contribution in [-0.4, -0.2) is 35.4 Å². The second-order valence-corrected chi connectivity index (χ2v) is 1.40. The second kappa shape index (κ2) is 17.2. The molecule has 0 atom stereocenters. The van der Waals surface area contributed by atoms with Gasteiger partial charge in [-0.05, 0) is 6.92 Å². The molecule has 0 spiro atoms. The second-order valence-electron chi connectivity index (χ2n) is 1.40. The van der Waals surface area contributed by atoms with Gasteiger partial charge in [0.2, 0.25) is 0 Å². The Morgan fingerprint density at radius 2 is 1.86 bits per heavy atom. The molecule has 1 amide bonds. The normalized spacial score (nSPS) is 6.36. The van der Waals surface area contributed by atoms with Crippen LogP contribution in [0, 0.1) is 0 Å². The first-order chi connectivity index (χ1) is 6.45. The number of hydrogen-bond acceptors (Lipinski definition) is 4. The molecule has 0 heterocycles. The van der Waals surface area contributed by atoms with E-state index < -0.39 is 12.1 Å². The summed E-state index contributed by atoms with van der Waals surface area (Å²) < 4.78 is 4.18. The zero-order chi connectivity index (χ0) is 12.0. The van der Waals surface area contributed by atoms with E-state index in [1.807, 2.05) is 0 Å². The summed E-state index contributed by atoms with van der Waals surface area (Å²) in [6.07, 6.45) is 0.123. The van der Waals surface area contributed by atoms with Crippen molar-refractivity contribution in [1.82, 2.24) is 0 Å². The van der Waals surface area contributed by atoms with Crippen LogP contribution in [0.25, 0.3) is 0 Å². The molecule has 0 aromatic heterocycles. The fourth-order valence-corrected chi connectivity index (χ4v) is 0.142. The fraction of sp³-hybridized carbons (Fsp3) is 0.286. The zero-order valence-electron chi connectivity index (χ0n) is 7.67. The van der Waals surface area contributed by atoms with Gasteiger partial charge in [-0.2, -0.15) is 0 Å². The molecule has 0 aliphatic rings.